The van der Waals surface area contributed by atoms with Crippen LogP contribution in [0.5, 0.6) is 0 Å². The van der Waals surface area contributed by atoms with E-state index in [2.05, 4.69) is 4.98 Å². The van der Waals surface area contributed by atoms with Crippen LogP contribution in [0.4, 0.5) is 0 Å². The summed E-state index contributed by atoms with van der Waals surface area (Å²) in [5.41, 5.74) is 4.48. The van der Waals surface area contributed by atoms with Gasteiger partial charge < -0.3 is 4.42 Å². The quantitative estimate of drug-likeness (QED) is 0.396. The second-order valence-corrected chi connectivity index (χ2v) is 9.95. The van der Waals surface area contributed by atoms with Crippen LogP contribution in [0.15, 0.2) is 87.2 Å². The average molecular weight is 463 g/mol. The van der Waals surface area contributed by atoms with Gasteiger partial charge >= 0.3 is 5.76 Å². The number of nitrogens with zero attached hydrogens (tertiary/aromatic N) is 4. The van der Waals surface area contributed by atoms with Gasteiger partial charge in [-0.25, -0.2) is 18.2 Å². The zero-order valence-electron chi connectivity index (χ0n) is 18.3. The van der Waals surface area contributed by atoms with E-state index in [0.717, 1.165) is 22.3 Å². The molecule has 0 unspecified atom stereocenters. The van der Waals surface area contributed by atoms with E-state index in [9.17, 15) is 13.2 Å². The lowest BCUT2D eigenvalue weighted by atomic mass is 10.1. The van der Waals surface area contributed by atoms with Crippen molar-refractivity contribution in [2.45, 2.75) is 17.9 Å². The van der Waals surface area contributed by atoms with Crippen molar-refractivity contribution in [1.29, 1.82) is 0 Å². The fraction of sp³-hybridized carbons (Fsp3) is 0.167. The molecule has 0 N–H and O–H groups in total. The van der Waals surface area contributed by atoms with Crippen LogP contribution in [-0.2, 0) is 17.1 Å². The second kappa shape index (κ2) is 7.72. The molecule has 0 aliphatic heterocycles. The van der Waals surface area contributed by atoms with Gasteiger partial charge in [-0.1, -0.05) is 24.3 Å². The van der Waals surface area contributed by atoms with Crippen LogP contribution in [-0.4, -0.2) is 33.9 Å². The zero-order chi connectivity index (χ0) is 23.3. The monoisotopic (exact) mass is 462 g/mol. The highest BCUT2D eigenvalue weighted by Gasteiger charge is 2.27. The average Bonchev–Trinajstić information content (AvgIpc) is 3.38. The van der Waals surface area contributed by atoms with Crippen molar-refractivity contribution in [1.82, 2.24) is 18.4 Å². The molecule has 0 radical (unpaired) electrons. The van der Waals surface area contributed by atoms with Crippen molar-refractivity contribution in [3.63, 3.8) is 0 Å². The Hall–Kier alpha value is -3.69. The maximum absolute atomic E-state index is 13.3. The number of benzene rings is 3. The van der Waals surface area contributed by atoms with E-state index in [1.807, 2.05) is 60.0 Å². The van der Waals surface area contributed by atoms with Crippen molar-refractivity contribution >= 4 is 32.2 Å². The van der Waals surface area contributed by atoms with E-state index in [-0.39, 0.29) is 10.5 Å². The summed E-state index contributed by atoms with van der Waals surface area (Å²) in [4.78, 5) is 16.2. The molecule has 5 rings (SSSR count). The standard InChI is InChI=1S/C24H22N4O4S/c1-16(17-8-10-18(11-9-17)28-15-25-20-6-4-5-7-21(20)28)27(3)33(30,31)19-12-13-22-23(14-19)32-24(29)26(22)2/h4-16H,1-3H3/t16-/m0/s1. The van der Waals surface area contributed by atoms with Crippen molar-refractivity contribution in [2.75, 3.05) is 7.05 Å². The van der Waals surface area contributed by atoms with Gasteiger partial charge in [0.05, 0.1) is 21.4 Å². The number of rotatable bonds is 5. The third-order valence-electron chi connectivity index (χ3n) is 6.09. The van der Waals surface area contributed by atoms with Gasteiger partial charge in [0.15, 0.2) is 5.58 Å². The lowest BCUT2D eigenvalue weighted by molar-refractivity contribution is 0.398. The number of aryl methyl sites for hydroxylation is 1. The molecule has 2 aromatic heterocycles. The van der Waals surface area contributed by atoms with Crippen LogP contribution in [0.1, 0.15) is 18.5 Å². The van der Waals surface area contributed by atoms with Gasteiger partial charge in [-0.2, -0.15) is 4.31 Å². The first-order chi connectivity index (χ1) is 15.8. The second-order valence-electron chi connectivity index (χ2n) is 7.95. The number of imidazole rings is 1. The summed E-state index contributed by atoms with van der Waals surface area (Å²) in [6.45, 7) is 1.83. The van der Waals surface area contributed by atoms with Gasteiger partial charge in [0, 0.05) is 31.9 Å². The lowest BCUT2D eigenvalue weighted by Gasteiger charge is -2.25. The molecule has 3 aromatic carbocycles. The first-order valence-electron chi connectivity index (χ1n) is 10.4. The molecule has 0 bridgehead atoms. The summed E-state index contributed by atoms with van der Waals surface area (Å²) in [7, 11) is -0.696. The van der Waals surface area contributed by atoms with Gasteiger partial charge in [0.1, 0.15) is 6.33 Å². The Bertz CT molecular complexity index is 1650. The molecule has 5 aromatic rings. The molecule has 0 amide bonds. The highest BCUT2D eigenvalue weighted by molar-refractivity contribution is 7.89. The van der Waals surface area contributed by atoms with Crippen LogP contribution in [0.25, 0.3) is 27.8 Å². The minimum Gasteiger partial charge on any atom is -0.408 e. The summed E-state index contributed by atoms with van der Waals surface area (Å²) in [5, 5.41) is 0. The Labute approximate surface area is 190 Å². The predicted molar refractivity (Wildman–Crippen MR) is 126 cm³/mol. The molecule has 8 nitrogen and oxygen atoms in total. The molecule has 2 heterocycles. The lowest BCUT2D eigenvalue weighted by Crippen LogP contribution is -2.29. The molecule has 0 aliphatic rings. The number of sulfonamides is 1. The number of hydrogen-bond acceptors (Lipinski definition) is 5. The van der Waals surface area contributed by atoms with E-state index in [4.69, 9.17) is 4.42 Å². The number of oxazole rings is 1. The third kappa shape index (κ3) is 3.46. The van der Waals surface area contributed by atoms with Crippen LogP contribution in [0.2, 0.25) is 0 Å². The summed E-state index contributed by atoms with van der Waals surface area (Å²) in [6.07, 6.45) is 1.78. The van der Waals surface area contributed by atoms with E-state index in [1.54, 1.807) is 26.5 Å². The number of hydrogen-bond donors (Lipinski definition) is 0. The first kappa shape index (κ1) is 21.2. The fourth-order valence-electron chi connectivity index (χ4n) is 3.94. The van der Waals surface area contributed by atoms with Crippen molar-refractivity contribution in [3.8, 4) is 5.69 Å². The summed E-state index contributed by atoms with van der Waals surface area (Å²) >= 11 is 0. The van der Waals surface area contributed by atoms with Crippen molar-refractivity contribution in [2.24, 2.45) is 7.05 Å². The van der Waals surface area contributed by atoms with Crippen LogP contribution >= 0.6 is 0 Å². The minimum atomic E-state index is -3.82. The SMILES string of the molecule is C[C@@H](c1ccc(-n2cnc3ccccc32)cc1)N(C)S(=O)(=O)c1ccc2c(c1)oc(=O)n2C. The maximum Gasteiger partial charge on any atom is 0.419 e. The summed E-state index contributed by atoms with van der Waals surface area (Å²) < 4.78 is 36.3. The van der Waals surface area contributed by atoms with E-state index in [1.165, 1.54) is 21.0 Å². The van der Waals surface area contributed by atoms with Gasteiger partial charge in [0.2, 0.25) is 10.0 Å². The number of aromatic nitrogens is 3. The van der Waals surface area contributed by atoms with Crippen LogP contribution in [0, 0.1) is 0 Å². The topological polar surface area (TPSA) is 90.3 Å². The fourth-order valence-corrected chi connectivity index (χ4v) is 5.30. The normalized spacial score (nSPS) is 13.2. The van der Waals surface area contributed by atoms with Gasteiger partial charge in [0.25, 0.3) is 0 Å². The van der Waals surface area contributed by atoms with Gasteiger partial charge in [-0.05, 0) is 48.9 Å². The van der Waals surface area contributed by atoms with E-state index < -0.39 is 21.8 Å². The highest BCUT2D eigenvalue weighted by Crippen LogP contribution is 2.28. The molecule has 0 saturated carbocycles. The molecule has 33 heavy (non-hydrogen) atoms. The zero-order valence-corrected chi connectivity index (χ0v) is 19.2. The maximum atomic E-state index is 13.3. The molecular weight excluding hydrogens is 440 g/mol. The summed E-state index contributed by atoms with van der Waals surface area (Å²) in [5.74, 6) is -0.535. The Kier molecular flexibility index (Phi) is 4.95. The highest BCUT2D eigenvalue weighted by atomic mass is 32.2. The third-order valence-corrected chi connectivity index (χ3v) is 8.02. The first-order valence-corrected chi connectivity index (χ1v) is 11.8. The molecule has 0 aliphatic carbocycles. The Morgan fingerprint density at radius 1 is 1.00 bits per heavy atom. The van der Waals surface area contributed by atoms with Crippen LogP contribution in [0.3, 0.4) is 0 Å². The summed E-state index contributed by atoms with van der Waals surface area (Å²) in [6, 6.07) is 19.7. The molecule has 0 saturated heterocycles. The van der Waals surface area contributed by atoms with Gasteiger partial charge in [-0.3, -0.25) is 9.13 Å². The largest absolute Gasteiger partial charge is 0.419 e. The Balaban J connectivity index is 1.44. The van der Waals surface area contributed by atoms with Crippen LogP contribution < -0.4 is 5.76 Å². The van der Waals surface area contributed by atoms with Crippen molar-refractivity contribution < 1.29 is 12.8 Å². The van der Waals surface area contributed by atoms with Crippen molar-refractivity contribution in [3.05, 3.63) is 89.2 Å². The van der Waals surface area contributed by atoms with E-state index in [0.29, 0.717) is 5.52 Å². The number of fused-ring (bicyclic) bond motifs is 2. The molecule has 0 fully saturated rings. The predicted octanol–water partition coefficient (Wildman–Crippen LogP) is 3.85. The molecule has 1 atom stereocenters. The molecule has 9 heteroatoms. The minimum absolute atomic E-state index is 0.0696. The van der Waals surface area contributed by atoms with Gasteiger partial charge in [-0.15, -0.1) is 0 Å². The van der Waals surface area contributed by atoms with E-state index >= 15 is 0 Å². The number of para-hydroxylation sites is 2. The Morgan fingerprint density at radius 2 is 1.73 bits per heavy atom. The Morgan fingerprint density at radius 3 is 2.48 bits per heavy atom. The molecule has 0 spiro atoms. The molecular formula is C24H22N4O4S. The molecule has 168 valence electrons. The smallest absolute Gasteiger partial charge is 0.408 e.